The fourth-order valence-electron chi connectivity index (χ4n) is 4.46. The highest BCUT2D eigenvalue weighted by Crippen LogP contribution is 2.37. The van der Waals surface area contributed by atoms with Crippen LogP contribution in [-0.2, 0) is 9.59 Å². The van der Waals surface area contributed by atoms with Crippen LogP contribution in [0.25, 0.3) is 6.08 Å². The molecule has 1 heterocycles. The molecular weight excluding hydrogens is 663 g/mol. The van der Waals surface area contributed by atoms with Crippen LogP contribution in [0.3, 0.4) is 0 Å². The molecule has 9 nitrogen and oxygen atoms in total. The molecule has 0 radical (unpaired) electrons. The minimum absolute atomic E-state index is 0.0486. The lowest BCUT2D eigenvalue weighted by Gasteiger charge is -2.16. The van der Waals surface area contributed by atoms with E-state index < -0.39 is 17.1 Å². The summed E-state index contributed by atoms with van der Waals surface area (Å²) >= 11 is 4.04. The molecule has 5 rings (SSSR count). The maximum Gasteiger partial charge on any atom is 0.272 e. The molecule has 3 amide bonds. The van der Waals surface area contributed by atoms with Crippen molar-refractivity contribution in [3.8, 4) is 5.75 Å². The van der Waals surface area contributed by atoms with Crippen molar-refractivity contribution >= 4 is 69.7 Å². The van der Waals surface area contributed by atoms with Gasteiger partial charge in [0.25, 0.3) is 11.8 Å². The molecule has 0 aliphatic heterocycles. The lowest BCUT2D eigenvalue weighted by atomic mass is 10.1. The number of carbonyl (C=O) groups excluding carboxylic acids is 3. The van der Waals surface area contributed by atoms with E-state index in [2.05, 4.69) is 25.3 Å². The molecule has 1 atom stereocenters. The van der Waals surface area contributed by atoms with Gasteiger partial charge in [0.15, 0.2) is 0 Å². The van der Waals surface area contributed by atoms with Gasteiger partial charge in [-0.25, -0.2) is 0 Å². The van der Waals surface area contributed by atoms with Crippen molar-refractivity contribution in [2.24, 2.45) is 0 Å². The minimum atomic E-state index is -0.564. The van der Waals surface area contributed by atoms with Crippen LogP contribution in [0.5, 0.6) is 5.75 Å². The van der Waals surface area contributed by atoms with Gasteiger partial charge in [0.1, 0.15) is 16.7 Å². The first-order chi connectivity index (χ1) is 23.4. The van der Waals surface area contributed by atoms with Crippen molar-refractivity contribution in [2.45, 2.75) is 29.1 Å². The van der Waals surface area contributed by atoms with Crippen molar-refractivity contribution in [3.63, 3.8) is 0 Å². The summed E-state index contributed by atoms with van der Waals surface area (Å²) in [6, 6.07) is 32.7. The largest absolute Gasteiger partial charge is 0.493 e. The minimum Gasteiger partial charge on any atom is -0.493 e. The maximum atomic E-state index is 13.6. The third-order valence-electron chi connectivity index (χ3n) is 6.67. The van der Waals surface area contributed by atoms with E-state index in [-0.39, 0.29) is 11.6 Å². The van der Waals surface area contributed by atoms with Crippen LogP contribution >= 0.6 is 35.1 Å². The number of amides is 3. The van der Waals surface area contributed by atoms with Crippen LogP contribution in [0.15, 0.2) is 125 Å². The van der Waals surface area contributed by atoms with Gasteiger partial charge in [0, 0.05) is 33.2 Å². The van der Waals surface area contributed by atoms with Gasteiger partial charge < -0.3 is 15.4 Å². The highest BCUT2D eigenvalue weighted by atomic mass is 32.2. The number of ether oxygens (including phenoxy) is 1. The average molecular weight is 696 g/mol. The molecule has 3 N–H and O–H groups in total. The molecular formula is C36H33N5O4S3. The number of aromatic nitrogens is 2. The second-order valence-electron chi connectivity index (χ2n) is 10.0. The Morgan fingerprint density at radius 1 is 0.854 bits per heavy atom. The monoisotopic (exact) mass is 695 g/mol. The third-order valence-corrected chi connectivity index (χ3v) is 9.41. The van der Waals surface area contributed by atoms with E-state index in [0.29, 0.717) is 39.5 Å². The zero-order chi connectivity index (χ0) is 33.7. The van der Waals surface area contributed by atoms with Gasteiger partial charge >= 0.3 is 0 Å². The lowest BCUT2D eigenvalue weighted by molar-refractivity contribution is -0.116. The van der Waals surface area contributed by atoms with Crippen LogP contribution in [-0.4, -0.2) is 39.4 Å². The Morgan fingerprint density at radius 2 is 1.54 bits per heavy atom. The quantitative estimate of drug-likeness (QED) is 0.0791. The zero-order valence-electron chi connectivity index (χ0n) is 26.2. The van der Waals surface area contributed by atoms with Crippen LogP contribution in [0.2, 0.25) is 0 Å². The SMILES string of the molecule is CCOc1ccccc1/C=C(\NC(=O)c1ccccc1)C(=O)Nc1ccc(SC(C(=O)Nc2nc(SCC)ns2)c2ccccc2)cc1. The number of hydrogen-bond acceptors (Lipinski definition) is 9. The highest BCUT2D eigenvalue weighted by Gasteiger charge is 2.24. The molecule has 0 bridgehead atoms. The van der Waals surface area contributed by atoms with Gasteiger partial charge in [-0.1, -0.05) is 85.4 Å². The van der Waals surface area contributed by atoms with Crippen LogP contribution < -0.4 is 20.7 Å². The standard InChI is InChI=1S/C36H33N5O4S3/c1-3-45-30-18-12-11-17-26(30)23-29(38-32(42)25-15-9-6-10-16-25)33(43)37-27-19-21-28(22-20-27)47-31(24-13-7-5-8-14-24)34(44)39-35-40-36(41-48-35)46-4-2/h5-23,31H,3-4H2,1-2H3,(H,37,43)(H,38,42)(H,39,40,41,44)/b29-23-. The van der Waals surface area contributed by atoms with Crippen molar-refractivity contribution in [1.82, 2.24) is 14.7 Å². The van der Waals surface area contributed by atoms with E-state index in [1.54, 1.807) is 48.5 Å². The number of carbonyl (C=O) groups is 3. The summed E-state index contributed by atoms with van der Waals surface area (Å²) < 4.78 is 10.0. The number of rotatable bonds is 14. The van der Waals surface area contributed by atoms with E-state index in [1.807, 2.05) is 80.6 Å². The summed E-state index contributed by atoms with van der Waals surface area (Å²) in [5.74, 6) is 0.278. The Morgan fingerprint density at radius 3 is 2.25 bits per heavy atom. The molecule has 0 saturated heterocycles. The first kappa shape index (κ1) is 34.4. The summed E-state index contributed by atoms with van der Waals surface area (Å²) in [6.45, 7) is 4.34. The van der Waals surface area contributed by atoms with Crippen LogP contribution in [0.1, 0.15) is 40.6 Å². The molecule has 0 saturated carbocycles. The molecule has 4 aromatic carbocycles. The number of thioether (sulfide) groups is 2. The number of nitrogens with one attached hydrogen (secondary N) is 3. The Labute approximate surface area is 291 Å². The van der Waals surface area contributed by atoms with Crippen LogP contribution in [0.4, 0.5) is 10.8 Å². The van der Waals surface area contributed by atoms with Gasteiger partial charge in [-0.3, -0.25) is 19.7 Å². The van der Waals surface area contributed by atoms with E-state index >= 15 is 0 Å². The molecule has 0 aliphatic rings. The molecule has 1 aromatic heterocycles. The summed E-state index contributed by atoms with van der Waals surface area (Å²) in [6.07, 6.45) is 1.59. The average Bonchev–Trinajstić information content (AvgIpc) is 3.55. The molecule has 0 spiro atoms. The predicted octanol–water partition coefficient (Wildman–Crippen LogP) is 7.93. The van der Waals surface area contributed by atoms with Gasteiger partial charge in [0.05, 0.1) is 6.61 Å². The molecule has 5 aromatic rings. The Balaban J connectivity index is 1.33. The van der Waals surface area contributed by atoms with Crippen molar-refractivity contribution < 1.29 is 19.1 Å². The van der Waals surface area contributed by atoms with Crippen LogP contribution in [0, 0.1) is 0 Å². The van der Waals surface area contributed by atoms with Gasteiger partial charge in [0.2, 0.25) is 16.2 Å². The molecule has 244 valence electrons. The molecule has 12 heteroatoms. The van der Waals surface area contributed by atoms with Crippen molar-refractivity contribution in [1.29, 1.82) is 0 Å². The second-order valence-corrected chi connectivity index (χ2v) is 13.2. The molecule has 48 heavy (non-hydrogen) atoms. The summed E-state index contributed by atoms with van der Waals surface area (Å²) in [4.78, 5) is 45.4. The third kappa shape index (κ3) is 9.57. The summed E-state index contributed by atoms with van der Waals surface area (Å²) in [5, 5.41) is 9.08. The first-order valence-electron chi connectivity index (χ1n) is 15.1. The number of anilines is 2. The molecule has 0 fully saturated rings. The first-order valence-corrected chi connectivity index (χ1v) is 17.8. The normalized spacial score (nSPS) is 11.8. The zero-order valence-corrected chi connectivity index (χ0v) is 28.7. The summed E-state index contributed by atoms with van der Waals surface area (Å²) in [7, 11) is 0. The fraction of sp³-hybridized carbons (Fsp3) is 0.139. The Hall–Kier alpha value is -4.91. The number of benzene rings is 4. The number of nitrogens with zero attached hydrogens (tertiary/aromatic N) is 2. The van der Waals surface area contributed by atoms with Gasteiger partial charge in [-0.15, -0.1) is 11.8 Å². The van der Waals surface area contributed by atoms with Gasteiger partial charge in [-0.2, -0.15) is 9.36 Å². The van der Waals surface area contributed by atoms with Gasteiger partial charge in [-0.05, 0) is 66.8 Å². The fourth-order valence-corrected chi connectivity index (χ4v) is 6.75. The highest BCUT2D eigenvalue weighted by molar-refractivity contribution is 8.00. The van der Waals surface area contributed by atoms with E-state index in [1.165, 1.54) is 23.5 Å². The summed E-state index contributed by atoms with van der Waals surface area (Å²) in [5.41, 5.74) is 2.45. The van der Waals surface area contributed by atoms with E-state index in [9.17, 15) is 14.4 Å². The van der Waals surface area contributed by atoms with Crippen molar-refractivity contribution in [2.75, 3.05) is 23.0 Å². The maximum absolute atomic E-state index is 13.6. The number of para-hydroxylation sites is 1. The Kier molecular flexibility index (Phi) is 12.4. The lowest BCUT2D eigenvalue weighted by Crippen LogP contribution is -2.30. The second kappa shape index (κ2) is 17.3. The van der Waals surface area contributed by atoms with Crippen molar-refractivity contribution in [3.05, 3.63) is 132 Å². The topological polar surface area (TPSA) is 122 Å². The molecule has 0 aliphatic carbocycles. The molecule has 1 unspecified atom stereocenters. The van der Waals surface area contributed by atoms with E-state index in [0.717, 1.165) is 27.7 Å². The Bertz CT molecular complexity index is 1870. The van der Waals surface area contributed by atoms with E-state index in [4.69, 9.17) is 4.74 Å². The smallest absolute Gasteiger partial charge is 0.272 e. The predicted molar refractivity (Wildman–Crippen MR) is 195 cm³/mol. The number of hydrogen-bond donors (Lipinski definition) is 3.